The third kappa shape index (κ3) is 1.41. The SMILES string of the molecule is O=C1CSC(I)=N1. The largest absolute Gasteiger partial charge is 0.272 e. The predicted molar refractivity (Wildman–Crippen MR) is 38.9 cm³/mol. The molecule has 0 saturated carbocycles. The fourth-order valence-electron chi connectivity index (χ4n) is 0.284. The van der Waals surface area contributed by atoms with E-state index in [4.69, 9.17) is 0 Å². The highest BCUT2D eigenvalue weighted by molar-refractivity contribution is 14.1. The lowest BCUT2D eigenvalue weighted by Gasteiger charge is -1.72. The summed E-state index contributed by atoms with van der Waals surface area (Å²) in [5, 5.41) is 0. The second kappa shape index (κ2) is 2.13. The van der Waals surface area contributed by atoms with Crippen LogP contribution in [-0.4, -0.2) is 14.7 Å². The number of carbonyl (C=O) groups excluding carboxylic acids is 1. The maximum Gasteiger partial charge on any atom is 0.257 e. The molecule has 0 aliphatic carbocycles. The third-order valence-electron chi connectivity index (χ3n) is 0.527. The van der Waals surface area contributed by atoms with Gasteiger partial charge in [0.25, 0.3) is 5.91 Å². The summed E-state index contributed by atoms with van der Waals surface area (Å²) >= 11 is 3.53. The van der Waals surface area contributed by atoms with Gasteiger partial charge in [-0.05, 0) is 22.6 Å². The summed E-state index contributed by atoms with van der Waals surface area (Å²) in [4.78, 5) is 13.9. The van der Waals surface area contributed by atoms with Crippen LogP contribution in [0.15, 0.2) is 4.99 Å². The van der Waals surface area contributed by atoms with Gasteiger partial charge in [0.15, 0.2) is 0 Å². The number of halogens is 1. The Morgan fingerprint density at radius 3 is 2.71 bits per heavy atom. The molecule has 0 aromatic rings. The van der Waals surface area contributed by atoms with Crippen LogP contribution >= 0.6 is 34.4 Å². The molecule has 0 aromatic heterocycles. The van der Waals surface area contributed by atoms with E-state index in [9.17, 15) is 4.79 Å². The highest BCUT2D eigenvalue weighted by atomic mass is 127. The van der Waals surface area contributed by atoms with Gasteiger partial charge in [0, 0.05) is 0 Å². The first kappa shape index (κ1) is 5.55. The molecular weight excluding hydrogens is 225 g/mol. The van der Waals surface area contributed by atoms with Crippen molar-refractivity contribution in [1.29, 1.82) is 0 Å². The highest BCUT2D eigenvalue weighted by Gasteiger charge is 2.10. The molecule has 1 rings (SSSR count). The van der Waals surface area contributed by atoms with Gasteiger partial charge in [-0.2, -0.15) is 4.99 Å². The number of rotatable bonds is 0. The van der Waals surface area contributed by atoms with Gasteiger partial charge in [-0.3, -0.25) is 4.79 Å². The molecule has 0 atom stereocenters. The van der Waals surface area contributed by atoms with Crippen molar-refractivity contribution in [3.05, 3.63) is 0 Å². The Kier molecular flexibility index (Phi) is 1.69. The van der Waals surface area contributed by atoms with Crippen molar-refractivity contribution in [2.75, 3.05) is 5.75 Å². The minimum absolute atomic E-state index is 0.00519. The Bertz CT molecular complexity index is 133. The van der Waals surface area contributed by atoms with Crippen molar-refractivity contribution in [1.82, 2.24) is 0 Å². The van der Waals surface area contributed by atoms with Gasteiger partial charge in [-0.15, -0.1) is 0 Å². The van der Waals surface area contributed by atoms with Gasteiger partial charge in [0.1, 0.15) is 3.05 Å². The van der Waals surface area contributed by atoms with Gasteiger partial charge >= 0.3 is 0 Å². The molecule has 0 spiro atoms. The summed E-state index contributed by atoms with van der Waals surface area (Å²) in [5.41, 5.74) is 0. The van der Waals surface area contributed by atoms with E-state index in [-0.39, 0.29) is 5.91 Å². The van der Waals surface area contributed by atoms with Crippen molar-refractivity contribution in [3.8, 4) is 0 Å². The number of aliphatic imine (C=N–C) groups is 1. The molecule has 7 heavy (non-hydrogen) atoms. The van der Waals surface area contributed by atoms with Crippen molar-refractivity contribution in [2.45, 2.75) is 0 Å². The van der Waals surface area contributed by atoms with Crippen LogP contribution in [0.1, 0.15) is 0 Å². The van der Waals surface area contributed by atoms with Gasteiger partial charge < -0.3 is 0 Å². The minimum atomic E-state index is -0.00519. The molecular formula is C3H2INOS. The van der Waals surface area contributed by atoms with E-state index in [2.05, 4.69) is 4.99 Å². The van der Waals surface area contributed by atoms with Crippen molar-refractivity contribution in [2.24, 2.45) is 4.99 Å². The maximum atomic E-state index is 10.2. The van der Waals surface area contributed by atoms with E-state index >= 15 is 0 Å². The monoisotopic (exact) mass is 227 g/mol. The molecule has 1 amide bonds. The van der Waals surface area contributed by atoms with E-state index in [1.807, 2.05) is 22.6 Å². The minimum Gasteiger partial charge on any atom is -0.272 e. The quantitative estimate of drug-likeness (QED) is 0.579. The maximum absolute atomic E-state index is 10.2. The number of hydrogen-bond acceptors (Lipinski definition) is 2. The van der Waals surface area contributed by atoms with Crippen molar-refractivity contribution >= 4 is 43.3 Å². The third-order valence-corrected chi connectivity index (χ3v) is 2.42. The van der Waals surface area contributed by atoms with Crippen LogP contribution < -0.4 is 0 Å². The topological polar surface area (TPSA) is 29.4 Å². The van der Waals surface area contributed by atoms with Crippen LogP contribution in [0.4, 0.5) is 0 Å². The lowest BCUT2D eigenvalue weighted by atomic mass is 10.8. The Balaban J connectivity index is 2.67. The Morgan fingerprint density at radius 2 is 2.57 bits per heavy atom. The Hall–Kier alpha value is 0.420. The van der Waals surface area contributed by atoms with E-state index < -0.39 is 0 Å². The first-order chi connectivity index (χ1) is 3.29. The molecule has 38 valence electrons. The molecule has 0 N–H and O–H groups in total. The average Bonchev–Trinajstić information content (AvgIpc) is 1.87. The van der Waals surface area contributed by atoms with E-state index in [1.165, 1.54) is 11.8 Å². The molecule has 1 aliphatic heterocycles. The number of carbonyl (C=O) groups is 1. The average molecular weight is 227 g/mol. The Morgan fingerprint density at radius 1 is 1.86 bits per heavy atom. The summed E-state index contributed by atoms with van der Waals surface area (Å²) in [7, 11) is 0. The molecule has 0 fully saturated rings. The molecule has 4 heteroatoms. The smallest absolute Gasteiger partial charge is 0.257 e. The normalized spacial score (nSPS) is 20.1. The molecule has 0 aromatic carbocycles. The zero-order valence-corrected chi connectivity index (χ0v) is 6.32. The lowest BCUT2D eigenvalue weighted by molar-refractivity contribution is -0.115. The predicted octanol–water partition coefficient (Wildman–Crippen LogP) is 1.05. The molecule has 1 aliphatic rings. The van der Waals surface area contributed by atoms with Gasteiger partial charge in [-0.25, -0.2) is 0 Å². The Labute approximate surface area is 58.9 Å². The van der Waals surface area contributed by atoms with Crippen molar-refractivity contribution in [3.63, 3.8) is 0 Å². The standard InChI is InChI=1S/C3H2INOS/c4-3-5-2(6)1-7-3/h1H2. The number of thioether (sulfide) groups is 1. The number of amides is 1. The van der Waals surface area contributed by atoms with Gasteiger partial charge in [0.2, 0.25) is 0 Å². The summed E-state index contributed by atoms with van der Waals surface area (Å²) in [6.45, 7) is 0. The molecule has 1 heterocycles. The fourth-order valence-corrected chi connectivity index (χ4v) is 1.49. The highest BCUT2D eigenvalue weighted by Crippen LogP contribution is 2.17. The van der Waals surface area contributed by atoms with Crippen molar-refractivity contribution < 1.29 is 4.79 Å². The summed E-state index contributed by atoms with van der Waals surface area (Å²) < 4.78 is 0.864. The van der Waals surface area contributed by atoms with Crippen LogP contribution in [0.5, 0.6) is 0 Å². The van der Waals surface area contributed by atoms with E-state index in [1.54, 1.807) is 0 Å². The number of hydrogen-bond donors (Lipinski definition) is 0. The van der Waals surface area contributed by atoms with Gasteiger partial charge in [-0.1, -0.05) is 11.8 Å². The van der Waals surface area contributed by atoms with Crippen LogP contribution in [0, 0.1) is 0 Å². The van der Waals surface area contributed by atoms with E-state index in [0.29, 0.717) is 5.75 Å². The van der Waals surface area contributed by atoms with Crippen LogP contribution in [0.3, 0.4) is 0 Å². The van der Waals surface area contributed by atoms with Gasteiger partial charge in [0.05, 0.1) is 5.75 Å². The molecule has 0 radical (unpaired) electrons. The molecule has 0 saturated heterocycles. The fraction of sp³-hybridized carbons (Fsp3) is 0.333. The molecule has 0 bridgehead atoms. The second-order valence-electron chi connectivity index (χ2n) is 1.05. The summed E-state index contributed by atoms with van der Waals surface area (Å²) in [6.07, 6.45) is 0. The molecule has 0 unspecified atom stereocenters. The molecule has 2 nitrogen and oxygen atoms in total. The first-order valence-electron chi connectivity index (χ1n) is 1.69. The summed E-state index contributed by atoms with van der Waals surface area (Å²) in [6, 6.07) is 0. The summed E-state index contributed by atoms with van der Waals surface area (Å²) in [5.74, 6) is 0.535. The van der Waals surface area contributed by atoms with Crippen LogP contribution in [0.2, 0.25) is 0 Å². The lowest BCUT2D eigenvalue weighted by Crippen LogP contribution is -1.86. The first-order valence-corrected chi connectivity index (χ1v) is 3.75. The zero-order chi connectivity index (χ0) is 5.28. The zero-order valence-electron chi connectivity index (χ0n) is 3.35. The van der Waals surface area contributed by atoms with Crippen LogP contribution in [0.25, 0.3) is 0 Å². The number of nitrogens with zero attached hydrogens (tertiary/aromatic N) is 1. The van der Waals surface area contributed by atoms with E-state index in [0.717, 1.165) is 3.05 Å². The van der Waals surface area contributed by atoms with Crippen LogP contribution in [-0.2, 0) is 4.79 Å². The second-order valence-corrected chi connectivity index (χ2v) is 3.77.